The standard InChI is InChI=1S/C16H16N2O4/c1-9-6-7-11(8-13(9)18(21)22)17-15(19)12-5-3-4-10(2)14(12)16(17)20/h3-4,6-8,10,12,14H,5H2,1-2H3/t10-,12-,14+/m0/s1. The Hall–Kier alpha value is -2.50. The first kappa shape index (κ1) is 14.4. The van der Waals surface area contributed by atoms with Crippen molar-refractivity contribution in [1.29, 1.82) is 0 Å². The summed E-state index contributed by atoms with van der Waals surface area (Å²) < 4.78 is 0. The van der Waals surface area contributed by atoms with Crippen LogP contribution in [0.25, 0.3) is 0 Å². The molecule has 3 rings (SSSR count). The van der Waals surface area contributed by atoms with E-state index in [9.17, 15) is 19.7 Å². The minimum atomic E-state index is -0.499. The zero-order valence-corrected chi connectivity index (χ0v) is 12.4. The van der Waals surface area contributed by atoms with E-state index in [0.717, 1.165) is 4.90 Å². The van der Waals surface area contributed by atoms with Crippen LogP contribution < -0.4 is 4.90 Å². The van der Waals surface area contributed by atoms with E-state index in [2.05, 4.69) is 0 Å². The van der Waals surface area contributed by atoms with E-state index in [1.165, 1.54) is 6.07 Å². The fourth-order valence-electron chi connectivity index (χ4n) is 3.34. The summed E-state index contributed by atoms with van der Waals surface area (Å²) in [4.78, 5) is 36.9. The Labute approximate surface area is 127 Å². The van der Waals surface area contributed by atoms with Gasteiger partial charge in [0.1, 0.15) is 0 Å². The molecule has 1 aromatic carbocycles. The number of nitro benzene ring substituents is 1. The van der Waals surface area contributed by atoms with Crippen molar-refractivity contribution in [2.75, 3.05) is 4.90 Å². The molecule has 0 spiro atoms. The van der Waals surface area contributed by atoms with Crippen molar-refractivity contribution in [3.05, 3.63) is 46.0 Å². The highest BCUT2D eigenvalue weighted by Crippen LogP contribution is 2.41. The zero-order chi connectivity index (χ0) is 16.0. The molecular weight excluding hydrogens is 284 g/mol. The van der Waals surface area contributed by atoms with E-state index in [4.69, 9.17) is 0 Å². The lowest BCUT2D eigenvalue weighted by molar-refractivity contribution is -0.385. The number of nitrogens with zero attached hydrogens (tertiary/aromatic N) is 2. The molecule has 1 aliphatic carbocycles. The van der Waals surface area contributed by atoms with Gasteiger partial charge in [-0.3, -0.25) is 19.7 Å². The van der Waals surface area contributed by atoms with Gasteiger partial charge in [0.25, 0.3) is 5.69 Å². The number of anilines is 1. The van der Waals surface area contributed by atoms with Crippen LogP contribution in [-0.2, 0) is 9.59 Å². The number of rotatable bonds is 2. The molecule has 0 unspecified atom stereocenters. The van der Waals surface area contributed by atoms with Gasteiger partial charge in [0.2, 0.25) is 11.8 Å². The number of hydrogen-bond donors (Lipinski definition) is 0. The molecular formula is C16H16N2O4. The molecule has 0 N–H and O–H groups in total. The molecule has 0 radical (unpaired) electrons. The van der Waals surface area contributed by atoms with E-state index < -0.39 is 4.92 Å². The van der Waals surface area contributed by atoms with Crippen LogP contribution >= 0.6 is 0 Å². The van der Waals surface area contributed by atoms with Crippen molar-refractivity contribution in [1.82, 2.24) is 0 Å². The van der Waals surface area contributed by atoms with Crippen LogP contribution in [-0.4, -0.2) is 16.7 Å². The van der Waals surface area contributed by atoms with E-state index in [0.29, 0.717) is 12.0 Å². The quantitative estimate of drug-likeness (QED) is 0.364. The fourth-order valence-corrected chi connectivity index (χ4v) is 3.34. The maximum absolute atomic E-state index is 12.6. The number of amides is 2. The van der Waals surface area contributed by atoms with Gasteiger partial charge in [0, 0.05) is 11.6 Å². The Kier molecular flexibility index (Phi) is 3.31. The molecule has 6 nitrogen and oxygen atoms in total. The average molecular weight is 300 g/mol. The van der Waals surface area contributed by atoms with Gasteiger partial charge >= 0.3 is 0 Å². The first-order valence-electron chi connectivity index (χ1n) is 7.21. The van der Waals surface area contributed by atoms with E-state index >= 15 is 0 Å². The van der Waals surface area contributed by atoms with Crippen molar-refractivity contribution in [2.24, 2.45) is 17.8 Å². The van der Waals surface area contributed by atoms with Crippen LogP contribution in [0.3, 0.4) is 0 Å². The van der Waals surface area contributed by atoms with Crippen LogP contribution in [0.1, 0.15) is 18.9 Å². The van der Waals surface area contributed by atoms with Gasteiger partial charge in [0.05, 0.1) is 22.4 Å². The van der Waals surface area contributed by atoms with Crippen molar-refractivity contribution in [3.8, 4) is 0 Å². The second kappa shape index (κ2) is 5.05. The highest BCUT2D eigenvalue weighted by atomic mass is 16.6. The Morgan fingerprint density at radius 3 is 2.64 bits per heavy atom. The molecule has 2 aliphatic rings. The summed E-state index contributed by atoms with van der Waals surface area (Å²) in [5, 5.41) is 11.1. The van der Waals surface area contributed by atoms with Crippen LogP contribution in [0.2, 0.25) is 0 Å². The number of imide groups is 1. The minimum Gasteiger partial charge on any atom is -0.274 e. The third-order valence-corrected chi connectivity index (χ3v) is 4.52. The van der Waals surface area contributed by atoms with Crippen LogP contribution in [0.15, 0.2) is 30.4 Å². The lowest BCUT2D eigenvalue weighted by Crippen LogP contribution is -2.31. The Bertz CT molecular complexity index is 710. The predicted molar refractivity (Wildman–Crippen MR) is 80.2 cm³/mol. The summed E-state index contributed by atoms with van der Waals surface area (Å²) in [6, 6.07) is 4.46. The number of nitro groups is 1. The molecule has 0 aromatic heterocycles. The normalized spacial score (nSPS) is 27.2. The maximum atomic E-state index is 12.6. The molecule has 2 amide bonds. The van der Waals surface area contributed by atoms with Crippen LogP contribution in [0, 0.1) is 34.8 Å². The number of aryl methyl sites for hydroxylation is 1. The number of fused-ring (bicyclic) bond motifs is 1. The van der Waals surface area contributed by atoms with Gasteiger partial charge in [-0.05, 0) is 25.3 Å². The first-order valence-corrected chi connectivity index (χ1v) is 7.21. The van der Waals surface area contributed by atoms with Gasteiger partial charge in [-0.2, -0.15) is 0 Å². The highest BCUT2D eigenvalue weighted by Gasteiger charge is 2.50. The number of carbonyl (C=O) groups excluding carboxylic acids is 2. The van der Waals surface area contributed by atoms with E-state index in [1.54, 1.807) is 19.1 Å². The topological polar surface area (TPSA) is 80.5 Å². The minimum absolute atomic E-state index is 0.000587. The summed E-state index contributed by atoms with van der Waals surface area (Å²) in [5.74, 6) is -1.24. The highest BCUT2D eigenvalue weighted by molar-refractivity contribution is 6.22. The van der Waals surface area contributed by atoms with E-state index in [-0.39, 0.29) is 40.9 Å². The number of allylic oxidation sites excluding steroid dienone is 2. The van der Waals surface area contributed by atoms with Gasteiger partial charge in [-0.15, -0.1) is 0 Å². The number of carbonyl (C=O) groups is 2. The second-order valence-electron chi connectivity index (χ2n) is 5.90. The maximum Gasteiger partial charge on any atom is 0.274 e. The van der Waals surface area contributed by atoms with Gasteiger partial charge in [-0.1, -0.05) is 25.1 Å². The fraction of sp³-hybridized carbons (Fsp3) is 0.375. The molecule has 22 heavy (non-hydrogen) atoms. The molecule has 1 aliphatic heterocycles. The van der Waals surface area contributed by atoms with Gasteiger partial charge in [0.15, 0.2) is 0 Å². The van der Waals surface area contributed by atoms with Crippen LogP contribution in [0.5, 0.6) is 0 Å². The van der Waals surface area contributed by atoms with E-state index in [1.807, 2.05) is 19.1 Å². The van der Waals surface area contributed by atoms with Crippen LogP contribution in [0.4, 0.5) is 11.4 Å². The van der Waals surface area contributed by atoms with Crippen molar-refractivity contribution >= 4 is 23.2 Å². The zero-order valence-electron chi connectivity index (χ0n) is 12.4. The van der Waals surface area contributed by atoms with Crippen molar-refractivity contribution < 1.29 is 14.5 Å². The molecule has 3 atom stereocenters. The lowest BCUT2D eigenvalue weighted by atomic mass is 9.78. The SMILES string of the molecule is Cc1ccc(N2C(=O)[C@H]3[C@H](CC=C[C@@H]3C)C2=O)cc1[N+](=O)[O-]. The Balaban J connectivity index is 2.03. The molecule has 6 heteroatoms. The summed E-state index contributed by atoms with van der Waals surface area (Å²) in [6.07, 6.45) is 4.43. The third-order valence-electron chi connectivity index (χ3n) is 4.52. The molecule has 1 saturated heterocycles. The van der Waals surface area contributed by atoms with Crippen molar-refractivity contribution in [3.63, 3.8) is 0 Å². The molecule has 1 fully saturated rings. The summed E-state index contributed by atoms with van der Waals surface area (Å²) in [5.41, 5.74) is 0.702. The molecule has 0 saturated carbocycles. The number of benzene rings is 1. The average Bonchev–Trinajstić information content (AvgIpc) is 2.73. The number of hydrogen-bond acceptors (Lipinski definition) is 4. The molecule has 1 aromatic rings. The predicted octanol–water partition coefficient (Wildman–Crippen LogP) is 2.60. The molecule has 1 heterocycles. The third kappa shape index (κ3) is 2.03. The second-order valence-corrected chi connectivity index (χ2v) is 5.90. The Morgan fingerprint density at radius 2 is 2.00 bits per heavy atom. The molecule has 114 valence electrons. The lowest BCUT2D eigenvalue weighted by Gasteiger charge is -2.22. The monoisotopic (exact) mass is 300 g/mol. The summed E-state index contributed by atoms with van der Waals surface area (Å²) in [6.45, 7) is 3.54. The first-order chi connectivity index (χ1) is 10.4. The van der Waals surface area contributed by atoms with Gasteiger partial charge in [-0.25, -0.2) is 4.90 Å². The Morgan fingerprint density at radius 1 is 1.27 bits per heavy atom. The largest absolute Gasteiger partial charge is 0.274 e. The molecule has 0 bridgehead atoms. The summed E-state index contributed by atoms with van der Waals surface area (Å²) in [7, 11) is 0. The summed E-state index contributed by atoms with van der Waals surface area (Å²) >= 11 is 0. The van der Waals surface area contributed by atoms with Crippen molar-refractivity contribution in [2.45, 2.75) is 20.3 Å². The van der Waals surface area contributed by atoms with Gasteiger partial charge < -0.3 is 0 Å². The smallest absolute Gasteiger partial charge is 0.274 e.